The molecule has 2 heterocycles. The number of alkyl halides is 3. The zero-order chi connectivity index (χ0) is 19.8. The molecular weight excluding hydrogens is 374 g/mol. The molecule has 0 aromatic heterocycles. The van der Waals surface area contributed by atoms with Crippen LogP contribution in [-0.2, 0) is 15.7 Å². The van der Waals surface area contributed by atoms with Gasteiger partial charge in [0.1, 0.15) is 5.82 Å². The minimum atomic E-state index is -4.40. The fourth-order valence-electron chi connectivity index (χ4n) is 4.16. The Hall–Kier alpha value is -1.96. The Balaban J connectivity index is 1.56. The Morgan fingerprint density at radius 3 is 2.43 bits per heavy atom. The van der Waals surface area contributed by atoms with Crippen LogP contribution in [0.5, 0.6) is 0 Å². The summed E-state index contributed by atoms with van der Waals surface area (Å²) in [6.07, 6.45) is -3.45. The highest BCUT2D eigenvalue weighted by molar-refractivity contribution is 5.33. The third-order valence-corrected chi connectivity index (χ3v) is 5.52. The van der Waals surface area contributed by atoms with Crippen molar-refractivity contribution in [2.45, 2.75) is 36.8 Å². The number of benzene rings is 2. The van der Waals surface area contributed by atoms with Crippen LogP contribution in [0.15, 0.2) is 48.5 Å². The van der Waals surface area contributed by atoms with E-state index >= 15 is 0 Å². The molecule has 3 atom stereocenters. The third kappa shape index (κ3) is 3.66. The number of ether oxygens (including phenoxy) is 2. The summed E-state index contributed by atoms with van der Waals surface area (Å²) in [7, 11) is 0. The molecule has 4 rings (SSSR count). The van der Waals surface area contributed by atoms with Crippen LogP contribution in [0, 0.1) is 5.82 Å². The standard InChI is InChI=1S/C21H21F4NO2/c22-16-7-5-14(6-8-16)19-20(27-12-11-26-19)10-9-15(13-28-20)17-3-1-2-4-18(17)21(23,24)25/h1-8,15,19,26H,9-13H2/t15-,19+,20?/m1/s1. The fourth-order valence-corrected chi connectivity index (χ4v) is 4.16. The second-order valence-corrected chi connectivity index (χ2v) is 7.23. The van der Waals surface area contributed by atoms with Crippen LogP contribution < -0.4 is 5.32 Å². The van der Waals surface area contributed by atoms with E-state index < -0.39 is 17.5 Å². The monoisotopic (exact) mass is 395 g/mol. The highest BCUT2D eigenvalue weighted by Gasteiger charge is 2.48. The van der Waals surface area contributed by atoms with E-state index in [9.17, 15) is 17.6 Å². The Labute approximate surface area is 160 Å². The molecular formula is C21H21F4NO2. The van der Waals surface area contributed by atoms with Crippen molar-refractivity contribution in [3.8, 4) is 0 Å². The number of nitrogens with one attached hydrogen (secondary N) is 1. The lowest BCUT2D eigenvalue weighted by molar-refractivity contribution is -0.289. The van der Waals surface area contributed by atoms with E-state index in [4.69, 9.17) is 9.47 Å². The predicted octanol–water partition coefficient (Wildman–Crippen LogP) is 4.80. The number of morpholine rings is 1. The molecule has 0 radical (unpaired) electrons. The average Bonchev–Trinajstić information content (AvgIpc) is 2.69. The van der Waals surface area contributed by atoms with Gasteiger partial charge >= 0.3 is 6.18 Å². The van der Waals surface area contributed by atoms with Crippen molar-refractivity contribution in [1.29, 1.82) is 0 Å². The molecule has 150 valence electrons. The first kappa shape index (κ1) is 19.4. The van der Waals surface area contributed by atoms with Gasteiger partial charge in [0.15, 0.2) is 5.79 Å². The summed E-state index contributed by atoms with van der Waals surface area (Å²) in [5.74, 6) is -1.65. The van der Waals surface area contributed by atoms with Gasteiger partial charge in [-0.2, -0.15) is 13.2 Å². The minimum absolute atomic E-state index is 0.131. The van der Waals surface area contributed by atoms with E-state index in [1.54, 1.807) is 18.2 Å². The summed E-state index contributed by atoms with van der Waals surface area (Å²) in [4.78, 5) is 0. The van der Waals surface area contributed by atoms with Crippen LogP contribution in [0.4, 0.5) is 17.6 Å². The quantitative estimate of drug-likeness (QED) is 0.742. The summed E-state index contributed by atoms with van der Waals surface area (Å²) < 4.78 is 65.4. The average molecular weight is 395 g/mol. The molecule has 0 aliphatic carbocycles. The molecule has 0 bridgehead atoms. The largest absolute Gasteiger partial charge is 0.416 e. The number of hydrogen-bond acceptors (Lipinski definition) is 3. The highest BCUT2D eigenvalue weighted by atomic mass is 19.4. The van der Waals surface area contributed by atoms with E-state index in [-0.39, 0.29) is 29.9 Å². The van der Waals surface area contributed by atoms with Gasteiger partial charge in [0, 0.05) is 18.9 Å². The van der Waals surface area contributed by atoms with Gasteiger partial charge in [-0.05, 0) is 35.7 Å². The first-order chi connectivity index (χ1) is 13.4. The van der Waals surface area contributed by atoms with Crippen molar-refractivity contribution < 1.29 is 27.0 Å². The Morgan fingerprint density at radius 2 is 1.75 bits per heavy atom. The van der Waals surface area contributed by atoms with Crippen molar-refractivity contribution in [3.05, 3.63) is 71.0 Å². The maximum absolute atomic E-state index is 13.4. The summed E-state index contributed by atoms with van der Waals surface area (Å²) in [5.41, 5.74) is 0.472. The Kier molecular flexibility index (Phi) is 5.16. The molecule has 0 saturated carbocycles. The molecule has 2 aliphatic heterocycles. The van der Waals surface area contributed by atoms with Crippen LogP contribution in [-0.4, -0.2) is 25.5 Å². The van der Waals surface area contributed by atoms with Gasteiger partial charge in [-0.3, -0.25) is 0 Å². The molecule has 2 aromatic rings. The summed E-state index contributed by atoms with van der Waals surface area (Å²) >= 11 is 0. The van der Waals surface area contributed by atoms with Crippen molar-refractivity contribution in [1.82, 2.24) is 5.32 Å². The van der Waals surface area contributed by atoms with E-state index in [1.807, 2.05) is 0 Å². The van der Waals surface area contributed by atoms with Crippen LogP contribution in [0.2, 0.25) is 0 Å². The van der Waals surface area contributed by atoms with Gasteiger partial charge in [-0.15, -0.1) is 0 Å². The molecule has 1 spiro atoms. The van der Waals surface area contributed by atoms with E-state index in [0.29, 0.717) is 26.0 Å². The lowest BCUT2D eigenvalue weighted by atomic mass is 9.83. The fraction of sp³-hybridized carbons (Fsp3) is 0.429. The van der Waals surface area contributed by atoms with Crippen LogP contribution in [0.25, 0.3) is 0 Å². The molecule has 0 amide bonds. The Bertz CT molecular complexity index is 814. The van der Waals surface area contributed by atoms with Crippen LogP contribution in [0.1, 0.15) is 41.5 Å². The van der Waals surface area contributed by atoms with Gasteiger partial charge in [0.05, 0.1) is 24.8 Å². The second-order valence-electron chi connectivity index (χ2n) is 7.23. The smallest absolute Gasteiger partial charge is 0.347 e. The summed E-state index contributed by atoms with van der Waals surface area (Å²) in [6, 6.07) is 11.5. The lowest BCUT2D eigenvalue weighted by Crippen LogP contribution is -2.56. The maximum Gasteiger partial charge on any atom is 0.416 e. The number of rotatable bonds is 2. The van der Waals surface area contributed by atoms with Crippen LogP contribution >= 0.6 is 0 Å². The molecule has 7 heteroatoms. The first-order valence-corrected chi connectivity index (χ1v) is 9.32. The predicted molar refractivity (Wildman–Crippen MR) is 95.2 cm³/mol. The minimum Gasteiger partial charge on any atom is -0.347 e. The molecule has 2 fully saturated rings. The van der Waals surface area contributed by atoms with E-state index in [1.165, 1.54) is 24.3 Å². The van der Waals surface area contributed by atoms with Crippen molar-refractivity contribution in [2.75, 3.05) is 19.8 Å². The summed E-state index contributed by atoms with van der Waals surface area (Å²) in [5, 5.41) is 3.35. The third-order valence-electron chi connectivity index (χ3n) is 5.52. The molecule has 2 aliphatic rings. The molecule has 2 aromatic carbocycles. The molecule has 2 saturated heterocycles. The maximum atomic E-state index is 13.4. The molecule has 1 N–H and O–H groups in total. The molecule has 3 nitrogen and oxygen atoms in total. The topological polar surface area (TPSA) is 30.5 Å². The molecule has 28 heavy (non-hydrogen) atoms. The highest BCUT2D eigenvalue weighted by Crippen LogP contribution is 2.45. The Morgan fingerprint density at radius 1 is 1.00 bits per heavy atom. The zero-order valence-corrected chi connectivity index (χ0v) is 15.1. The number of halogens is 4. The second kappa shape index (κ2) is 7.46. The van der Waals surface area contributed by atoms with Gasteiger partial charge in [0.25, 0.3) is 0 Å². The van der Waals surface area contributed by atoms with E-state index in [2.05, 4.69) is 5.32 Å². The normalized spacial score (nSPS) is 28.4. The lowest BCUT2D eigenvalue weighted by Gasteiger charge is -2.48. The molecule has 1 unspecified atom stereocenters. The van der Waals surface area contributed by atoms with Gasteiger partial charge in [0.2, 0.25) is 0 Å². The summed E-state index contributed by atoms with van der Waals surface area (Å²) in [6.45, 7) is 1.20. The van der Waals surface area contributed by atoms with Gasteiger partial charge < -0.3 is 14.8 Å². The SMILES string of the molecule is Fc1ccc([C@@H]2NCCOC23CC[C@@H](c2ccccc2C(F)(F)F)CO3)cc1. The zero-order valence-electron chi connectivity index (χ0n) is 15.1. The van der Waals surface area contributed by atoms with Crippen molar-refractivity contribution in [2.24, 2.45) is 0 Å². The van der Waals surface area contributed by atoms with Gasteiger partial charge in [-0.25, -0.2) is 4.39 Å². The van der Waals surface area contributed by atoms with Crippen LogP contribution in [0.3, 0.4) is 0 Å². The van der Waals surface area contributed by atoms with Gasteiger partial charge in [-0.1, -0.05) is 30.3 Å². The van der Waals surface area contributed by atoms with Crippen molar-refractivity contribution >= 4 is 0 Å². The first-order valence-electron chi connectivity index (χ1n) is 9.32. The van der Waals surface area contributed by atoms with Crippen molar-refractivity contribution in [3.63, 3.8) is 0 Å². The van der Waals surface area contributed by atoms with E-state index in [0.717, 1.165) is 11.6 Å². The number of hydrogen-bond donors (Lipinski definition) is 1.